The third-order valence-electron chi connectivity index (χ3n) is 3.92. The van der Waals surface area contributed by atoms with Gasteiger partial charge in [-0.1, -0.05) is 20.8 Å². The lowest BCUT2D eigenvalue weighted by Gasteiger charge is -2.45. The van der Waals surface area contributed by atoms with Crippen molar-refractivity contribution in [1.29, 1.82) is 0 Å². The topological polar surface area (TPSA) is 17.1 Å². The molecular weight excluding hydrogens is 136 g/mol. The summed E-state index contributed by atoms with van der Waals surface area (Å²) in [7, 11) is 0. The van der Waals surface area contributed by atoms with Crippen LogP contribution in [0.2, 0.25) is 0 Å². The van der Waals surface area contributed by atoms with Crippen LogP contribution in [-0.4, -0.2) is 5.78 Å². The van der Waals surface area contributed by atoms with Crippen molar-refractivity contribution in [1.82, 2.24) is 0 Å². The number of carbonyl (C=O) groups excluding carboxylic acids is 1. The maximum Gasteiger partial charge on any atom is 0.139 e. The molecule has 0 spiro atoms. The van der Waals surface area contributed by atoms with E-state index in [4.69, 9.17) is 0 Å². The summed E-state index contributed by atoms with van der Waals surface area (Å²) in [5.41, 5.74) is 0.383. The van der Waals surface area contributed by atoms with Crippen LogP contribution in [0.1, 0.15) is 40.0 Å². The first-order chi connectivity index (χ1) is 4.97. The summed E-state index contributed by atoms with van der Waals surface area (Å²) in [6, 6.07) is 0. The highest BCUT2D eigenvalue weighted by Gasteiger charge is 2.60. The summed E-state index contributed by atoms with van der Waals surface area (Å²) >= 11 is 0. The van der Waals surface area contributed by atoms with Gasteiger partial charge in [-0.15, -0.1) is 0 Å². The minimum Gasteiger partial charge on any atom is -0.299 e. The van der Waals surface area contributed by atoms with Gasteiger partial charge in [-0.2, -0.15) is 0 Å². The number of Topliss-reactive ketones (excluding diaryl/α,β-unsaturated/α-hetero) is 1. The first kappa shape index (κ1) is 7.33. The van der Waals surface area contributed by atoms with Crippen LogP contribution in [0.3, 0.4) is 0 Å². The van der Waals surface area contributed by atoms with E-state index in [0.717, 1.165) is 12.8 Å². The van der Waals surface area contributed by atoms with Crippen molar-refractivity contribution in [3.8, 4) is 0 Å². The van der Waals surface area contributed by atoms with E-state index >= 15 is 0 Å². The van der Waals surface area contributed by atoms with Crippen molar-refractivity contribution in [2.24, 2.45) is 16.7 Å². The largest absolute Gasteiger partial charge is 0.299 e. The predicted octanol–water partition coefficient (Wildman–Crippen LogP) is 2.40. The monoisotopic (exact) mass is 152 g/mol. The Morgan fingerprint density at radius 3 is 2.18 bits per heavy atom. The summed E-state index contributed by atoms with van der Waals surface area (Å²) in [5, 5.41) is 0. The molecule has 2 unspecified atom stereocenters. The summed E-state index contributed by atoms with van der Waals surface area (Å²) in [4.78, 5) is 11.6. The third-order valence-corrected chi connectivity index (χ3v) is 3.92. The highest BCUT2D eigenvalue weighted by Crippen LogP contribution is 2.62. The lowest BCUT2D eigenvalue weighted by molar-refractivity contribution is -0.131. The molecule has 0 aromatic carbocycles. The minimum atomic E-state index is 0.0868. The quantitative estimate of drug-likeness (QED) is 0.521. The number of carbonyl (C=O) groups is 1. The van der Waals surface area contributed by atoms with Crippen molar-refractivity contribution >= 4 is 5.78 Å². The lowest BCUT2D eigenvalue weighted by atomic mass is 9.58. The molecule has 0 radical (unpaired) electrons. The molecule has 0 amide bonds. The van der Waals surface area contributed by atoms with Gasteiger partial charge in [0, 0.05) is 11.8 Å². The van der Waals surface area contributed by atoms with Crippen LogP contribution in [0.15, 0.2) is 0 Å². The molecule has 0 aromatic heterocycles. The van der Waals surface area contributed by atoms with Gasteiger partial charge in [0.15, 0.2) is 0 Å². The molecule has 2 rings (SSSR count). The van der Waals surface area contributed by atoms with Gasteiger partial charge < -0.3 is 0 Å². The standard InChI is InChI=1S/C10H16O/c1-9(2)6-8(11)10(3)5-4-7(9)10/h7H,4-6H2,1-3H3. The lowest BCUT2D eigenvalue weighted by Crippen LogP contribution is -2.41. The molecule has 2 saturated carbocycles. The summed E-state index contributed by atoms with van der Waals surface area (Å²) in [5.74, 6) is 1.20. The zero-order chi connectivity index (χ0) is 8.28. The predicted molar refractivity (Wildman–Crippen MR) is 44.2 cm³/mol. The minimum absolute atomic E-state index is 0.0868. The van der Waals surface area contributed by atoms with Crippen molar-refractivity contribution in [3.63, 3.8) is 0 Å². The molecule has 0 bridgehead atoms. The van der Waals surface area contributed by atoms with Gasteiger partial charge >= 0.3 is 0 Å². The summed E-state index contributed by atoms with van der Waals surface area (Å²) in [6.45, 7) is 6.62. The van der Waals surface area contributed by atoms with E-state index in [1.807, 2.05) is 0 Å². The van der Waals surface area contributed by atoms with E-state index < -0.39 is 0 Å². The first-order valence-electron chi connectivity index (χ1n) is 4.50. The molecule has 1 nitrogen and oxygen atoms in total. The molecule has 11 heavy (non-hydrogen) atoms. The Morgan fingerprint density at radius 2 is 2.00 bits per heavy atom. The van der Waals surface area contributed by atoms with Gasteiger partial charge in [0.1, 0.15) is 5.78 Å². The first-order valence-corrected chi connectivity index (χ1v) is 4.50. The second kappa shape index (κ2) is 1.70. The normalized spacial score (nSPS) is 46.8. The van der Waals surface area contributed by atoms with Crippen LogP contribution in [0, 0.1) is 16.7 Å². The second-order valence-corrected chi connectivity index (χ2v) is 5.10. The average molecular weight is 152 g/mol. The van der Waals surface area contributed by atoms with Gasteiger partial charge in [0.25, 0.3) is 0 Å². The molecule has 2 aliphatic rings. The number of ketones is 1. The molecule has 0 saturated heterocycles. The van der Waals surface area contributed by atoms with Crippen molar-refractivity contribution < 1.29 is 4.79 Å². The zero-order valence-corrected chi connectivity index (χ0v) is 7.61. The fourth-order valence-electron chi connectivity index (χ4n) is 3.05. The van der Waals surface area contributed by atoms with Gasteiger partial charge in [0.05, 0.1) is 0 Å². The summed E-state index contributed by atoms with van der Waals surface area (Å²) < 4.78 is 0. The Morgan fingerprint density at radius 1 is 1.36 bits per heavy atom. The Kier molecular flexibility index (Phi) is 1.13. The highest BCUT2D eigenvalue weighted by molar-refractivity contribution is 5.89. The van der Waals surface area contributed by atoms with Gasteiger partial charge in [-0.25, -0.2) is 0 Å². The van der Waals surface area contributed by atoms with Crippen LogP contribution in [0.25, 0.3) is 0 Å². The Bertz CT molecular complexity index is 217. The van der Waals surface area contributed by atoms with Crippen molar-refractivity contribution in [2.75, 3.05) is 0 Å². The average Bonchev–Trinajstić information content (AvgIpc) is 1.88. The van der Waals surface area contributed by atoms with Crippen LogP contribution in [0.5, 0.6) is 0 Å². The van der Waals surface area contributed by atoms with Gasteiger partial charge in [-0.05, 0) is 24.2 Å². The van der Waals surface area contributed by atoms with E-state index in [1.165, 1.54) is 6.42 Å². The maximum absolute atomic E-state index is 11.6. The maximum atomic E-state index is 11.6. The Labute approximate surface area is 68.2 Å². The zero-order valence-electron chi connectivity index (χ0n) is 7.61. The molecule has 62 valence electrons. The molecule has 0 aliphatic heterocycles. The number of fused-ring (bicyclic) bond motifs is 1. The van der Waals surface area contributed by atoms with E-state index in [1.54, 1.807) is 0 Å². The van der Waals surface area contributed by atoms with Crippen LogP contribution in [0.4, 0.5) is 0 Å². The smallest absolute Gasteiger partial charge is 0.139 e. The van der Waals surface area contributed by atoms with Gasteiger partial charge in [0.2, 0.25) is 0 Å². The molecule has 0 heterocycles. The molecule has 0 aromatic rings. The SMILES string of the molecule is CC1(C)CC(=O)C2(C)CCC12. The van der Waals surface area contributed by atoms with Crippen molar-refractivity contribution in [3.05, 3.63) is 0 Å². The fourth-order valence-corrected chi connectivity index (χ4v) is 3.05. The number of hydrogen-bond acceptors (Lipinski definition) is 1. The molecule has 2 atom stereocenters. The Balaban J connectivity index is 2.35. The number of hydrogen-bond donors (Lipinski definition) is 0. The molecular formula is C10H16O. The summed E-state index contributed by atoms with van der Waals surface area (Å²) in [6.07, 6.45) is 3.23. The van der Waals surface area contributed by atoms with E-state index in [-0.39, 0.29) is 5.41 Å². The molecule has 2 aliphatic carbocycles. The Hall–Kier alpha value is -0.330. The highest BCUT2D eigenvalue weighted by atomic mass is 16.1. The van der Waals surface area contributed by atoms with Crippen LogP contribution >= 0.6 is 0 Å². The van der Waals surface area contributed by atoms with Gasteiger partial charge in [-0.3, -0.25) is 4.79 Å². The molecule has 2 fully saturated rings. The van der Waals surface area contributed by atoms with Crippen molar-refractivity contribution in [2.45, 2.75) is 40.0 Å². The second-order valence-electron chi connectivity index (χ2n) is 5.10. The van der Waals surface area contributed by atoms with Crippen LogP contribution < -0.4 is 0 Å². The molecule has 1 heteroatoms. The van der Waals surface area contributed by atoms with E-state index in [2.05, 4.69) is 20.8 Å². The fraction of sp³-hybridized carbons (Fsp3) is 0.900. The number of rotatable bonds is 0. The van der Waals surface area contributed by atoms with E-state index in [0.29, 0.717) is 17.1 Å². The van der Waals surface area contributed by atoms with Crippen LogP contribution in [-0.2, 0) is 4.79 Å². The molecule has 0 N–H and O–H groups in total. The third kappa shape index (κ3) is 0.692. The van der Waals surface area contributed by atoms with E-state index in [9.17, 15) is 4.79 Å².